The number of rotatable bonds is 13. The number of amides is 3. The third-order valence-corrected chi connectivity index (χ3v) is 4.65. The van der Waals surface area contributed by atoms with Crippen molar-refractivity contribution in [3.05, 3.63) is 0 Å². The fraction of sp³-hybridized carbons (Fsp3) is 0.733. The fourth-order valence-electron chi connectivity index (χ4n) is 1.97. The van der Waals surface area contributed by atoms with Gasteiger partial charge in [0.1, 0.15) is 24.2 Å². The van der Waals surface area contributed by atoms with Crippen LogP contribution in [0.3, 0.4) is 0 Å². The molecule has 0 saturated heterocycles. The van der Waals surface area contributed by atoms with Gasteiger partial charge in [-0.2, -0.15) is 24.4 Å². The molecule has 0 radical (unpaired) electrons. The van der Waals surface area contributed by atoms with Gasteiger partial charge in [0.15, 0.2) is 0 Å². The standard InChI is InChI=1S/C15H28N4O7S2/c1-7(21)11(19-12(22)8(16)5-20)14(24)17-9(3-4-28-2)13(23)18-10(6-27)15(25)26/h7-11,20-21,27H,3-6,16H2,1-2H3,(H,17,24)(H,18,23)(H,19,22)(H,25,26). The lowest BCUT2D eigenvalue weighted by Gasteiger charge is -2.26. The number of carbonyl (C=O) groups excluding carboxylic acids is 3. The highest BCUT2D eigenvalue weighted by atomic mass is 32.2. The van der Waals surface area contributed by atoms with Gasteiger partial charge < -0.3 is 37.0 Å². The van der Waals surface area contributed by atoms with Crippen molar-refractivity contribution < 1.29 is 34.5 Å². The molecule has 8 N–H and O–H groups in total. The summed E-state index contributed by atoms with van der Waals surface area (Å²) in [6.07, 6.45) is 0.664. The van der Waals surface area contributed by atoms with Crippen molar-refractivity contribution in [2.45, 2.75) is 43.6 Å². The largest absolute Gasteiger partial charge is 0.480 e. The third-order valence-electron chi connectivity index (χ3n) is 3.64. The lowest BCUT2D eigenvalue weighted by atomic mass is 10.1. The number of thiol groups is 1. The van der Waals surface area contributed by atoms with E-state index in [1.54, 1.807) is 6.26 Å². The van der Waals surface area contributed by atoms with Crippen molar-refractivity contribution in [3.8, 4) is 0 Å². The molecule has 3 amide bonds. The van der Waals surface area contributed by atoms with Crippen LogP contribution in [-0.4, -0.2) is 93.7 Å². The van der Waals surface area contributed by atoms with E-state index in [0.717, 1.165) is 0 Å². The van der Waals surface area contributed by atoms with Crippen molar-refractivity contribution >= 4 is 48.1 Å². The minimum absolute atomic E-state index is 0.143. The SMILES string of the molecule is CSCCC(NC(=O)C(NC(=O)C(N)CO)C(C)O)C(=O)NC(CS)C(=O)O. The summed E-state index contributed by atoms with van der Waals surface area (Å²) in [5.74, 6) is -3.37. The summed E-state index contributed by atoms with van der Waals surface area (Å²) in [5.41, 5.74) is 5.37. The average molecular weight is 441 g/mol. The van der Waals surface area contributed by atoms with E-state index in [2.05, 4.69) is 28.6 Å². The van der Waals surface area contributed by atoms with E-state index >= 15 is 0 Å². The molecule has 0 spiro atoms. The number of aliphatic hydroxyl groups is 2. The molecule has 0 aliphatic heterocycles. The minimum atomic E-state index is -1.42. The summed E-state index contributed by atoms with van der Waals surface area (Å²) in [6, 6.07) is -5.03. The number of aliphatic hydroxyl groups excluding tert-OH is 2. The maximum Gasteiger partial charge on any atom is 0.327 e. The van der Waals surface area contributed by atoms with Crippen LogP contribution < -0.4 is 21.7 Å². The summed E-state index contributed by atoms with van der Waals surface area (Å²) >= 11 is 5.28. The summed E-state index contributed by atoms with van der Waals surface area (Å²) in [6.45, 7) is 0.604. The van der Waals surface area contributed by atoms with Crippen LogP contribution in [0.15, 0.2) is 0 Å². The first-order valence-electron chi connectivity index (χ1n) is 8.37. The minimum Gasteiger partial charge on any atom is -0.480 e. The van der Waals surface area contributed by atoms with Crippen molar-refractivity contribution in [3.63, 3.8) is 0 Å². The Morgan fingerprint density at radius 2 is 1.64 bits per heavy atom. The fourth-order valence-corrected chi connectivity index (χ4v) is 2.69. The highest BCUT2D eigenvalue weighted by molar-refractivity contribution is 7.98. The van der Waals surface area contributed by atoms with Crippen molar-refractivity contribution in [1.29, 1.82) is 0 Å². The van der Waals surface area contributed by atoms with Crippen LogP contribution in [-0.2, 0) is 19.2 Å². The van der Waals surface area contributed by atoms with Gasteiger partial charge in [0.2, 0.25) is 17.7 Å². The zero-order chi connectivity index (χ0) is 21.9. The zero-order valence-corrected chi connectivity index (χ0v) is 17.3. The van der Waals surface area contributed by atoms with Crippen LogP contribution >= 0.6 is 24.4 Å². The number of nitrogens with two attached hydrogens (primary N) is 1. The van der Waals surface area contributed by atoms with Crippen LogP contribution in [0, 0.1) is 0 Å². The monoisotopic (exact) mass is 440 g/mol. The van der Waals surface area contributed by atoms with Gasteiger partial charge in [-0.15, -0.1) is 0 Å². The summed E-state index contributed by atoms with van der Waals surface area (Å²) in [4.78, 5) is 47.8. The van der Waals surface area contributed by atoms with Crippen LogP contribution in [0.4, 0.5) is 0 Å². The Labute approximate surface area is 172 Å². The molecule has 0 aromatic heterocycles. The maximum atomic E-state index is 12.5. The summed E-state index contributed by atoms with van der Waals surface area (Å²) in [5, 5.41) is 34.6. The number of nitrogens with one attached hydrogen (secondary N) is 3. The Kier molecular flexibility index (Phi) is 12.9. The van der Waals surface area contributed by atoms with Gasteiger partial charge in [-0.3, -0.25) is 14.4 Å². The van der Waals surface area contributed by atoms with Gasteiger partial charge >= 0.3 is 5.97 Å². The first-order valence-corrected chi connectivity index (χ1v) is 10.4. The molecule has 0 saturated carbocycles. The van der Waals surface area contributed by atoms with Gasteiger partial charge in [0, 0.05) is 5.75 Å². The van der Waals surface area contributed by atoms with E-state index in [4.69, 9.17) is 15.9 Å². The predicted octanol–water partition coefficient (Wildman–Crippen LogP) is -3.09. The average Bonchev–Trinajstić information content (AvgIpc) is 2.65. The van der Waals surface area contributed by atoms with Crippen LogP contribution in [0.5, 0.6) is 0 Å². The molecule has 0 fully saturated rings. The number of thioether (sulfide) groups is 1. The molecule has 5 unspecified atom stereocenters. The molecule has 0 aliphatic rings. The molecule has 162 valence electrons. The quantitative estimate of drug-likeness (QED) is 0.137. The van der Waals surface area contributed by atoms with Crippen molar-refractivity contribution in [1.82, 2.24) is 16.0 Å². The second-order valence-corrected chi connectivity index (χ2v) is 7.29. The lowest BCUT2D eigenvalue weighted by Crippen LogP contribution is -2.60. The zero-order valence-electron chi connectivity index (χ0n) is 15.6. The Morgan fingerprint density at radius 1 is 1.07 bits per heavy atom. The highest BCUT2D eigenvalue weighted by Gasteiger charge is 2.31. The first kappa shape index (κ1) is 26.5. The summed E-state index contributed by atoms with van der Waals surface area (Å²) in [7, 11) is 0. The Morgan fingerprint density at radius 3 is 2.07 bits per heavy atom. The van der Waals surface area contributed by atoms with Crippen molar-refractivity contribution in [2.75, 3.05) is 24.4 Å². The van der Waals surface area contributed by atoms with E-state index in [-0.39, 0.29) is 12.2 Å². The topological polar surface area (TPSA) is 191 Å². The van der Waals surface area contributed by atoms with E-state index in [9.17, 15) is 24.3 Å². The molecule has 28 heavy (non-hydrogen) atoms. The van der Waals surface area contributed by atoms with Gasteiger partial charge in [-0.1, -0.05) is 0 Å². The third kappa shape index (κ3) is 9.10. The smallest absolute Gasteiger partial charge is 0.327 e. The molecule has 13 heteroatoms. The Balaban J connectivity index is 5.25. The number of hydrogen-bond donors (Lipinski definition) is 8. The molecular formula is C15H28N4O7S2. The van der Waals surface area contributed by atoms with Crippen LogP contribution in [0.25, 0.3) is 0 Å². The lowest BCUT2D eigenvalue weighted by molar-refractivity contribution is -0.141. The number of hydrogen-bond acceptors (Lipinski definition) is 9. The number of carboxylic acid groups (broad SMARTS) is 1. The second kappa shape index (κ2) is 13.6. The number of carboxylic acids is 1. The van der Waals surface area contributed by atoms with Gasteiger partial charge in [-0.25, -0.2) is 4.79 Å². The second-order valence-electron chi connectivity index (χ2n) is 5.94. The molecule has 11 nitrogen and oxygen atoms in total. The van der Waals surface area contributed by atoms with E-state index in [1.165, 1.54) is 18.7 Å². The molecule has 0 aliphatic carbocycles. The number of aliphatic carboxylic acids is 1. The molecule has 0 aromatic rings. The molecule has 0 heterocycles. The van der Waals surface area contributed by atoms with E-state index in [1.807, 2.05) is 0 Å². The number of carbonyl (C=O) groups is 4. The van der Waals surface area contributed by atoms with Crippen LogP contribution in [0.2, 0.25) is 0 Å². The first-order chi connectivity index (χ1) is 13.1. The van der Waals surface area contributed by atoms with Crippen molar-refractivity contribution in [2.24, 2.45) is 5.73 Å². The summed E-state index contributed by atoms with van der Waals surface area (Å²) < 4.78 is 0. The molecule has 0 bridgehead atoms. The molecule has 5 atom stereocenters. The molecule has 0 aromatic carbocycles. The van der Waals surface area contributed by atoms with Gasteiger partial charge in [0.05, 0.1) is 12.7 Å². The normalized spacial score (nSPS) is 16.2. The predicted molar refractivity (Wildman–Crippen MR) is 107 cm³/mol. The van der Waals surface area contributed by atoms with E-state index < -0.39 is 60.6 Å². The van der Waals surface area contributed by atoms with Gasteiger partial charge in [-0.05, 0) is 25.4 Å². The highest BCUT2D eigenvalue weighted by Crippen LogP contribution is 2.04. The molecular weight excluding hydrogens is 412 g/mol. The van der Waals surface area contributed by atoms with E-state index in [0.29, 0.717) is 5.75 Å². The Hall–Kier alpha value is -1.54. The van der Waals surface area contributed by atoms with Crippen LogP contribution in [0.1, 0.15) is 13.3 Å². The maximum absolute atomic E-state index is 12.5. The van der Waals surface area contributed by atoms with Gasteiger partial charge in [0.25, 0.3) is 0 Å². The molecule has 0 rings (SSSR count). The Bertz CT molecular complexity index is 550.